The first-order valence-electron chi connectivity index (χ1n) is 8.85. The summed E-state index contributed by atoms with van der Waals surface area (Å²) in [5, 5.41) is 18.8. The van der Waals surface area contributed by atoms with E-state index in [0.29, 0.717) is 12.2 Å². The number of nitrogens with zero attached hydrogens (tertiary/aromatic N) is 3. The Kier molecular flexibility index (Phi) is 7.46. The maximum atomic E-state index is 13.0. The second kappa shape index (κ2) is 9.61. The van der Waals surface area contributed by atoms with Crippen molar-refractivity contribution in [1.29, 1.82) is 0 Å². The highest BCUT2D eigenvalue weighted by atomic mass is 19.4. The number of urea groups is 1. The van der Waals surface area contributed by atoms with E-state index in [1.54, 1.807) is 6.92 Å². The monoisotopic (exact) mass is 415 g/mol. The molecular formula is C18H24F3N5O3. The fourth-order valence-electron chi connectivity index (χ4n) is 2.59. The number of hydrogen-bond acceptors (Lipinski definition) is 5. The number of hydrogen-bond donors (Lipinski definition) is 3. The molecule has 11 heteroatoms. The van der Waals surface area contributed by atoms with Crippen molar-refractivity contribution in [3.63, 3.8) is 0 Å². The smallest absolute Gasteiger partial charge is 0.416 e. The zero-order valence-corrected chi connectivity index (χ0v) is 16.3. The van der Waals surface area contributed by atoms with Gasteiger partial charge in [-0.2, -0.15) is 18.3 Å². The summed E-state index contributed by atoms with van der Waals surface area (Å²) in [5.41, 5.74) is -0.684. The number of carbonyl (C=O) groups excluding carboxylic acids is 1. The molecule has 0 aliphatic heterocycles. The van der Waals surface area contributed by atoms with Crippen molar-refractivity contribution >= 4 is 17.4 Å². The highest BCUT2D eigenvalue weighted by molar-refractivity contribution is 6.00. The average molecular weight is 415 g/mol. The summed E-state index contributed by atoms with van der Waals surface area (Å²) >= 11 is 0. The van der Waals surface area contributed by atoms with Gasteiger partial charge in [-0.25, -0.2) is 4.79 Å². The maximum absolute atomic E-state index is 13.0. The molecule has 0 bridgehead atoms. The highest BCUT2D eigenvalue weighted by Crippen LogP contribution is 2.35. The van der Waals surface area contributed by atoms with Gasteiger partial charge in [0.25, 0.3) is 0 Å². The summed E-state index contributed by atoms with van der Waals surface area (Å²) in [6, 6.07) is 2.10. The predicted octanol–water partition coefficient (Wildman–Crippen LogP) is 2.87. The molecule has 0 aliphatic carbocycles. The van der Waals surface area contributed by atoms with Crippen molar-refractivity contribution in [2.24, 2.45) is 0 Å². The Balaban J connectivity index is 2.05. The number of amides is 2. The molecule has 3 N–H and O–H groups in total. The first-order chi connectivity index (χ1) is 13.6. The number of rotatable bonds is 8. The largest absolute Gasteiger partial charge is 0.492 e. The third-order valence-corrected chi connectivity index (χ3v) is 3.72. The molecule has 0 saturated heterocycles. The quantitative estimate of drug-likeness (QED) is 0.617. The van der Waals surface area contributed by atoms with Crippen molar-refractivity contribution < 1.29 is 27.8 Å². The van der Waals surface area contributed by atoms with Gasteiger partial charge >= 0.3 is 12.2 Å². The van der Waals surface area contributed by atoms with Crippen LogP contribution >= 0.6 is 0 Å². The van der Waals surface area contributed by atoms with Crippen LogP contribution in [0.5, 0.6) is 5.75 Å². The summed E-state index contributed by atoms with van der Waals surface area (Å²) in [5.74, 6) is 0.123. The van der Waals surface area contributed by atoms with Gasteiger partial charge < -0.3 is 25.4 Å². The summed E-state index contributed by atoms with van der Waals surface area (Å²) in [7, 11) is 3.65. The second-order valence-corrected chi connectivity index (χ2v) is 6.59. The Morgan fingerprint density at radius 1 is 1.34 bits per heavy atom. The van der Waals surface area contributed by atoms with Gasteiger partial charge in [-0.15, -0.1) is 0 Å². The lowest BCUT2D eigenvalue weighted by Crippen LogP contribution is -2.29. The molecule has 2 aromatic rings. The van der Waals surface area contributed by atoms with E-state index in [4.69, 9.17) is 4.74 Å². The number of benzene rings is 1. The molecule has 29 heavy (non-hydrogen) atoms. The van der Waals surface area contributed by atoms with Crippen molar-refractivity contribution in [3.8, 4) is 5.75 Å². The minimum Gasteiger partial charge on any atom is -0.492 e. The van der Waals surface area contributed by atoms with E-state index in [-0.39, 0.29) is 24.6 Å². The number of likely N-dealkylation sites (N-methyl/N-ethyl adjacent to an activating group) is 1. The number of nitrogens with one attached hydrogen (secondary N) is 2. The van der Waals surface area contributed by atoms with Crippen LogP contribution in [-0.4, -0.2) is 59.2 Å². The summed E-state index contributed by atoms with van der Waals surface area (Å²) in [4.78, 5) is 14.0. The third-order valence-electron chi connectivity index (χ3n) is 3.72. The van der Waals surface area contributed by atoms with Crippen LogP contribution in [0.1, 0.15) is 12.5 Å². The first-order valence-corrected chi connectivity index (χ1v) is 8.85. The molecule has 0 radical (unpaired) electrons. The van der Waals surface area contributed by atoms with Crippen LogP contribution in [0.2, 0.25) is 0 Å². The van der Waals surface area contributed by atoms with Gasteiger partial charge in [0, 0.05) is 12.7 Å². The lowest BCUT2D eigenvalue weighted by molar-refractivity contribution is -0.137. The SMILES string of the molecule is CCOc1ccc(C(F)(F)F)cc1NC(=O)Nc1cnn(CC(O)CN(C)C)c1. The molecule has 1 atom stereocenters. The van der Waals surface area contributed by atoms with Crippen LogP contribution < -0.4 is 15.4 Å². The number of ether oxygens (including phenoxy) is 1. The van der Waals surface area contributed by atoms with Crippen LogP contribution in [0.4, 0.5) is 29.3 Å². The molecular weight excluding hydrogens is 391 g/mol. The topological polar surface area (TPSA) is 91.7 Å². The Labute approximate surface area is 166 Å². The molecule has 0 fully saturated rings. The standard InChI is InChI=1S/C18H24F3N5O3/c1-4-29-16-6-5-12(18(19,20)21)7-15(16)24-17(28)23-13-8-22-26(9-13)11-14(27)10-25(2)3/h5-9,14,27H,4,10-11H2,1-3H3,(H2,23,24,28). The Hall–Kier alpha value is -2.79. The van der Waals surface area contributed by atoms with Crippen molar-refractivity contribution in [1.82, 2.24) is 14.7 Å². The Morgan fingerprint density at radius 2 is 2.07 bits per heavy atom. The van der Waals surface area contributed by atoms with Gasteiger partial charge in [0.05, 0.1) is 42.4 Å². The highest BCUT2D eigenvalue weighted by Gasteiger charge is 2.31. The number of aliphatic hydroxyl groups is 1. The summed E-state index contributed by atoms with van der Waals surface area (Å²) in [6.45, 7) is 2.58. The molecule has 1 aromatic carbocycles. The summed E-state index contributed by atoms with van der Waals surface area (Å²) in [6.07, 6.45) is -2.32. The number of halogens is 3. The van der Waals surface area contributed by atoms with Crippen molar-refractivity contribution in [2.75, 3.05) is 37.9 Å². The molecule has 2 rings (SSSR count). The van der Waals surface area contributed by atoms with E-state index in [1.165, 1.54) is 17.1 Å². The Morgan fingerprint density at radius 3 is 2.69 bits per heavy atom. The van der Waals surface area contributed by atoms with E-state index in [0.717, 1.165) is 18.2 Å². The summed E-state index contributed by atoms with van der Waals surface area (Å²) < 4.78 is 45.6. The van der Waals surface area contributed by atoms with Gasteiger partial charge in [0.15, 0.2) is 0 Å². The van der Waals surface area contributed by atoms with E-state index < -0.39 is 23.9 Å². The van der Waals surface area contributed by atoms with Crippen LogP contribution in [0.15, 0.2) is 30.6 Å². The van der Waals surface area contributed by atoms with Gasteiger partial charge in [-0.05, 0) is 39.2 Å². The third kappa shape index (κ3) is 6.95. The van der Waals surface area contributed by atoms with Gasteiger partial charge in [-0.1, -0.05) is 0 Å². The fourth-order valence-corrected chi connectivity index (χ4v) is 2.59. The van der Waals surface area contributed by atoms with E-state index >= 15 is 0 Å². The lowest BCUT2D eigenvalue weighted by atomic mass is 10.2. The average Bonchev–Trinajstić information content (AvgIpc) is 3.01. The zero-order chi connectivity index (χ0) is 21.6. The van der Waals surface area contributed by atoms with E-state index in [9.17, 15) is 23.1 Å². The van der Waals surface area contributed by atoms with E-state index in [2.05, 4.69) is 15.7 Å². The predicted molar refractivity (Wildman–Crippen MR) is 102 cm³/mol. The zero-order valence-electron chi connectivity index (χ0n) is 16.3. The molecule has 0 aliphatic rings. The number of aromatic nitrogens is 2. The van der Waals surface area contributed by atoms with Crippen molar-refractivity contribution in [2.45, 2.75) is 25.7 Å². The molecule has 0 spiro atoms. The molecule has 1 unspecified atom stereocenters. The minimum atomic E-state index is -4.55. The van der Waals surface area contributed by atoms with Gasteiger partial charge in [0.1, 0.15) is 5.75 Å². The molecule has 0 saturated carbocycles. The van der Waals surface area contributed by atoms with E-state index in [1.807, 2.05) is 19.0 Å². The molecule has 2 amide bonds. The first kappa shape index (κ1) is 22.5. The number of carbonyl (C=O) groups is 1. The molecule has 1 heterocycles. The van der Waals surface area contributed by atoms with Crippen LogP contribution in [0.3, 0.4) is 0 Å². The van der Waals surface area contributed by atoms with Crippen LogP contribution in [-0.2, 0) is 12.7 Å². The lowest BCUT2D eigenvalue weighted by Gasteiger charge is -2.15. The Bertz CT molecular complexity index is 823. The number of alkyl halides is 3. The van der Waals surface area contributed by atoms with Crippen LogP contribution in [0.25, 0.3) is 0 Å². The minimum absolute atomic E-state index is 0.104. The van der Waals surface area contributed by atoms with Gasteiger partial charge in [0.2, 0.25) is 0 Å². The van der Waals surface area contributed by atoms with Crippen LogP contribution in [0, 0.1) is 0 Å². The molecule has 1 aromatic heterocycles. The fraction of sp³-hybridized carbons (Fsp3) is 0.444. The van der Waals surface area contributed by atoms with Gasteiger partial charge in [-0.3, -0.25) is 4.68 Å². The second-order valence-electron chi connectivity index (χ2n) is 6.59. The molecule has 160 valence electrons. The van der Waals surface area contributed by atoms with Crippen molar-refractivity contribution in [3.05, 3.63) is 36.2 Å². The number of aliphatic hydroxyl groups excluding tert-OH is 1. The normalized spacial score (nSPS) is 12.7. The number of anilines is 2. The molecule has 8 nitrogen and oxygen atoms in total. The maximum Gasteiger partial charge on any atom is 0.416 e.